The van der Waals surface area contributed by atoms with Crippen LogP contribution < -0.4 is 15.5 Å². The van der Waals surface area contributed by atoms with Gasteiger partial charge in [0.2, 0.25) is 11.8 Å². The Balaban J connectivity index is 1.82. The van der Waals surface area contributed by atoms with Gasteiger partial charge in [-0.3, -0.25) is 9.59 Å². The van der Waals surface area contributed by atoms with E-state index in [0.717, 1.165) is 0 Å². The van der Waals surface area contributed by atoms with Gasteiger partial charge in [0, 0.05) is 18.5 Å². The summed E-state index contributed by atoms with van der Waals surface area (Å²) in [5.74, 6) is -0.180. The molecule has 2 aromatic carbocycles. The lowest BCUT2D eigenvalue weighted by Gasteiger charge is -2.08. The van der Waals surface area contributed by atoms with Crippen LogP contribution in [0.1, 0.15) is 25.3 Å². The van der Waals surface area contributed by atoms with Gasteiger partial charge in [-0.05, 0) is 59.3 Å². The van der Waals surface area contributed by atoms with E-state index in [9.17, 15) is 14.7 Å². The zero-order valence-corrected chi connectivity index (χ0v) is 16.9. The molecule has 27 heavy (non-hydrogen) atoms. The summed E-state index contributed by atoms with van der Waals surface area (Å²) in [4.78, 5) is 23.6. The summed E-state index contributed by atoms with van der Waals surface area (Å²) in [7, 11) is 0. The van der Waals surface area contributed by atoms with E-state index >= 15 is 0 Å². The van der Waals surface area contributed by atoms with E-state index < -0.39 is 0 Å². The molecule has 0 saturated heterocycles. The third kappa shape index (κ3) is 6.89. The van der Waals surface area contributed by atoms with Crippen LogP contribution in [0.2, 0.25) is 0 Å². The lowest BCUT2D eigenvalue weighted by molar-refractivity contribution is -0.124. The Hall–Kier alpha value is -2.62. The number of nitrogens with zero attached hydrogens (tertiary/aromatic N) is 1. The summed E-state index contributed by atoms with van der Waals surface area (Å²) in [5, 5.41) is 16.5. The first-order valence-electron chi connectivity index (χ1n) is 8.31. The monoisotopic (exact) mass is 481 g/mol. The summed E-state index contributed by atoms with van der Waals surface area (Å²) in [6.45, 7) is 2.24. The fourth-order valence-corrected chi connectivity index (χ4v) is 2.77. The highest BCUT2D eigenvalue weighted by molar-refractivity contribution is 14.1. The van der Waals surface area contributed by atoms with Crippen molar-refractivity contribution < 1.29 is 19.4 Å². The van der Waals surface area contributed by atoms with Gasteiger partial charge in [0.1, 0.15) is 0 Å². The van der Waals surface area contributed by atoms with Crippen LogP contribution in [0.5, 0.6) is 11.5 Å². The molecule has 0 radical (unpaired) electrons. The number of rotatable bonds is 8. The Morgan fingerprint density at radius 1 is 1.19 bits per heavy atom. The second-order valence-electron chi connectivity index (χ2n) is 5.49. The van der Waals surface area contributed by atoms with Gasteiger partial charge in [-0.15, -0.1) is 0 Å². The molecule has 0 aromatic heterocycles. The lowest BCUT2D eigenvalue weighted by atomic mass is 10.2. The predicted octanol–water partition coefficient (Wildman–Crippen LogP) is 3.26. The van der Waals surface area contributed by atoms with Crippen molar-refractivity contribution in [3.63, 3.8) is 0 Å². The minimum atomic E-state index is -0.368. The maximum absolute atomic E-state index is 11.8. The van der Waals surface area contributed by atoms with Gasteiger partial charge in [-0.2, -0.15) is 5.10 Å². The average molecular weight is 481 g/mol. The Bertz CT molecular complexity index is 825. The third-order valence-corrected chi connectivity index (χ3v) is 4.21. The zero-order valence-electron chi connectivity index (χ0n) is 14.7. The largest absolute Gasteiger partial charge is 0.504 e. The molecule has 7 nitrogen and oxygen atoms in total. The van der Waals surface area contributed by atoms with Gasteiger partial charge in [0.15, 0.2) is 11.5 Å². The highest BCUT2D eigenvalue weighted by atomic mass is 127. The molecule has 0 fully saturated rings. The van der Waals surface area contributed by atoms with E-state index in [0.29, 0.717) is 27.2 Å². The number of para-hydroxylation sites is 1. The highest BCUT2D eigenvalue weighted by Crippen LogP contribution is 2.32. The number of nitrogens with one attached hydrogen (secondary N) is 2. The number of hydrazone groups is 1. The first kappa shape index (κ1) is 20.7. The molecule has 0 aliphatic rings. The van der Waals surface area contributed by atoms with Crippen LogP contribution in [0.25, 0.3) is 0 Å². The standard InChI is InChI=1S/C19H20IN3O4/c1-2-27-16-11-13(10-15(20)19(16)26)12-21-23-18(25)9-8-17(24)22-14-6-4-3-5-7-14/h3-7,10-12,26H,2,8-9H2,1H3,(H,22,24)(H,23,25)/b21-12+. The Kier molecular flexibility index (Phi) is 8.05. The molecule has 0 spiro atoms. The molecule has 0 aliphatic carbocycles. The molecule has 2 amide bonds. The van der Waals surface area contributed by atoms with Gasteiger partial charge in [0.25, 0.3) is 0 Å². The van der Waals surface area contributed by atoms with Gasteiger partial charge < -0.3 is 15.2 Å². The van der Waals surface area contributed by atoms with E-state index in [1.807, 2.05) is 47.7 Å². The van der Waals surface area contributed by atoms with Crippen LogP contribution in [-0.4, -0.2) is 29.7 Å². The van der Waals surface area contributed by atoms with Crippen molar-refractivity contribution in [1.82, 2.24) is 5.43 Å². The SMILES string of the molecule is CCOc1cc(/C=N/NC(=O)CCC(=O)Nc2ccccc2)cc(I)c1O. The lowest BCUT2D eigenvalue weighted by Crippen LogP contribution is -2.20. The van der Waals surface area contributed by atoms with Crippen LogP contribution in [0.3, 0.4) is 0 Å². The minimum Gasteiger partial charge on any atom is -0.504 e. The molecule has 0 saturated carbocycles. The van der Waals surface area contributed by atoms with Crippen molar-refractivity contribution in [2.45, 2.75) is 19.8 Å². The maximum atomic E-state index is 11.8. The second kappa shape index (κ2) is 10.5. The molecule has 0 unspecified atom stereocenters. The number of anilines is 1. The second-order valence-corrected chi connectivity index (χ2v) is 6.65. The number of benzene rings is 2. The zero-order chi connectivity index (χ0) is 19.6. The Morgan fingerprint density at radius 2 is 1.89 bits per heavy atom. The van der Waals surface area contributed by atoms with Crippen LogP contribution in [0.4, 0.5) is 5.69 Å². The molecule has 8 heteroatoms. The summed E-state index contributed by atoms with van der Waals surface area (Å²) in [6, 6.07) is 12.4. The van der Waals surface area contributed by atoms with E-state index in [4.69, 9.17) is 4.74 Å². The summed E-state index contributed by atoms with van der Waals surface area (Å²) >= 11 is 1.99. The number of aromatic hydroxyl groups is 1. The number of phenols is 1. The molecule has 0 heterocycles. The van der Waals surface area contributed by atoms with Crippen LogP contribution in [0, 0.1) is 3.57 Å². The van der Waals surface area contributed by atoms with Crippen molar-refractivity contribution in [3.05, 3.63) is 51.6 Å². The topological polar surface area (TPSA) is 100 Å². The first-order chi connectivity index (χ1) is 13.0. The van der Waals surface area contributed by atoms with Gasteiger partial charge >= 0.3 is 0 Å². The molecule has 3 N–H and O–H groups in total. The molecule has 0 bridgehead atoms. The number of hydrogen-bond acceptors (Lipinski definition) is 5. The Labute approximate surface area is 171 Å². The van der Waals surface area contributed by atoms with Crippen LogP contribution in [0.15, 0.2) is 47.6 Å². The predicted molar refractivity (Wildman–Crippen MR) is 112 cm³/mol. The number of amides is 2. The van der Waals surface area contributed by atoms with Gasteiger partial charge in [0.05, 0.1) is 16.4 Å². The van der Waals surface area contributed by atoms with Gasteiger partial charge in [-0.25, -0.2) is 5.43 Å². The smallest absolute Gasteiger partial charge is 0.240 e. The highest BCUT2D eigenvalue weighted by Gasteiger charge is 2.09. The number of halogens is 1. The molecule has 0 aliphatic heterocycles. The third-order valence-electron chi connectivity index (χ3n) is 3.39. The number of phenolic OH excluding ortho intramolecular Hbond substituents is 1. The molecule has 2 rings (SSSR count). The molecular weight excluding hydrogens is 461 g/mol. The van der Waals surface area contributed by atoms with Crippen molar-refractivity contribution in [1.29, 1.82) is 0 Å². The van der Waals surface area contributed by atoms with E-state index in [1.54, 1.807) is 24.3 Å². The molecule has 142 valence electrons. The quantitative estimate of drug-likeness (QED) is 0.306. The fourth-order valence-electron chi connectivity index (χ4n) is 2.14. The van der Waals surface area contributed by atoms with Crippen molar-refractivity contribution in [2.24, 2.45) is 5.10 Å². The summed E-state index contributed by atoms with van der Waals surface area (Å²) in [6.07, 6.45) is 1.53. The average Bonchev–Trinajstić information content (AvgIpc) is 2.65. The number of ether oxygens (including phenoxy) is 1. The first-order valence-corrected chi connectivity index (χ1v) is 9.39. The van der Waals surface area contributed by atoms with E-state index in [-0.39, 0.29) is 30.4 Å². The maximum Gasteiger partial charge on any atom is 0.240 e. The molecular formula is C19H20IN3O4. The summed E-state index contributed by atoms with van der Waals surface area (Å²) in [5.41, 5.74) is 3.74. The normalized spacial score (nSPS) is 10.6. The number of carbonyl (C=O) groups is 2. The van der Waals surface area contributed by atoms with Crippen molar-refractivity contribution in [2.75, 3.05) is 11.9 Å². The summed E-state index contributed by atoms with van der Waals surface area (Å²) < 4.78 is 5.97. The Morgan fingerprint density at radius 3 is 2.59 bits per heavy atom. The van der Waals surface area contributed by atoms with E-state index in [2.05, 4.69) is 15.8 Å². The van der Waals surface area contributed by atoms with Crippen molar-refractivity contribution >= 4 is 46.3 Å². The van der Waals surface area contributed by atoms with Crippen LogP contribution >= 0.6 is 22.6 Å². The molecule has 0 atom stereocenters. The van der Waals surface area contributed by atoms with E-state index in [1.165, 1.54) is 6.21 Å². The molecule has 2 aromatic rings. The number of hydrogen-bond donors (Lipinski definition) is 3. The number of carbonyl (C=O) groups excluding carboxylic acids is 2. The minimum absolute atomic E-state index is 0.0211. The fraction of sp³-hybridized carbons (Fsp3) is 0.211. The van der Waals surface area contributed by atoms with Crippen molar-refractivity contribution in [3.8, 4) is 11.5 Å². The van der Waals surface area contributed by atoms with Crippen LogP contribution in [-0.2, 0) is 9.59 Å². The van der Waals surface area contributed by atoms with Gasteiger partial charge in [-0.1, -0.05) is 18.2 Å².